The maximum atomic E-state index is 11.8. The third-order valence-electron chi connectivity index (χ3n) is 3.61. The van der Waals surface area contributed by atoms with Crippen molar-refractivity contribution in [2.24, 2.45) is 5.41 Å². The van der Waals surface area contributed by atoms with Gasteiger partial charge in [-0.15, -0.1) is 23.2 Å². The first-order chi connectivity index (χ1) is 8.19. The molecule has 1 atom stereocenters. The molecule has 1 amide bonds. The van der Waals surface area contributed by atoms with Crippen LogP contribution in [0.1, 0.15) is 19.8 Å². The molecule has 0 bridgehead atoms. The van der Waals surface area contributed by atoms with Gasteiger partial charge >= 0.3 is 0 Å². The molecule has 1 saturated heterocycles. The maximum Gasteiger partial charge on any atom is 0.229 e. The zero-order valence-corrected chi connectivity index (χ0v) is 12.4. The van der Waals surface area contributed by atoms with Crippen LogP contribution in [0.25, 0.3) is 0 Å². The van der Waals surface area contributed by atoms with E-state index in [4.69, 9.17) is 23.2 Å². The van der Waals surface area contributed by atoms with Crippen molar-refractivity contribution in [1.82, 2.24) is 9.62 Å². The molecule has 104 valence electrons. The maximum absolute atomic E-state index is 11.8. The van der Waals surface area contributed by atoms with Crippen LogP contribution in [0.2, 0.25) is 0 Å². The predicted octanol–water partition coefficient (Wildman–Crippen LogP) is 0.722. The van der Waals surface area contributed by atoms with Gasteiger partial charge < -0.3 is 5.32 Å². The minimum Gasteiger partial charge on any atom is -0.354 e. The molecule has 0 aromatic rings. The lowest BCUT2D eigenvalue weighted by Gasteiger charge is -2.16. The molecule has 1 aliphatic heterocycles. The van der Waals surface area contributed by atoms with Crippen molar-refractivity contribution in [1.29, 1.82) is 0 Å². The van der Waals surface area contributed by atoms with E-state index < -0.39 is 19.8 Å². The summed E-state index contributed by atoms with van der Waals surface area (Å²) in [5, 5.41) is 2.69. The van der Waals surface area contributed by atoms with Crippen LogP contribution in [0.15, 0.2) is 0 Å². The first-order valence-corrected chi connectivity index (χ1v) is 8.19. The Morgan fingerprint density at radius 1 is 1.44 bits per heavy atom. The number of alkyl halides is 2. The molecular weight excluding hydrogens is 299 g/mol. The van der Waals surface area contributed by atoms with Crippen molar-refractivity contribution in [3.8, 4) is 0 Å². The van der Waals surface area contributed by atoms with Crippen molar-refractivity contribution in [2.45, 2.75) is 24.1 Å². The highest BCUT2D eigenvalue weighted by molar-refractivity contribution is 7.89. The van der Waals surface area contributed by atoms with E-state index in [1.54, 1.807) is 6.92 Å². The van der Waals surface area contributed by atoms with Crippen molar-refractivity contribution < 1.29 is 13.2 Å². The van der Waals surface area contributed by atoms with Crippen LogP contribution in [0.4, 0.5) is 0 Å². The highest BCUT2D eigenvalue weighted by Gasteiger charge is 2.67. The number of nitrogens with one attached hydrogen (secondary N) is 1. The first-order valence-electron chi connectivity index (χ1n) is 5.83. The molecule has 0 aromatic heterocycles. The van der Waals surface area contributed by atoms with Crippen molar-refractivity contribution in [3.05, 3.63) is 0 Å². The van der Waals surface area contributed by atoms with Gasteiger partial charge in [-0.2, -0.15) is 0 Å². The first kappa shape index (κ1) is 14.4. The molecular formula is C10H16Cl2N2O3S. The average Bonchev–Trinajstić information content (AvgIpc) is 2.59. The van der Waals surface area contributed by atoms with E-state index in [-0.39, 0.29) is 18.2 Å². The van der Waals surface area contributed by atoms with Gasteiger partial charge in [0.2, 0.25) is 15.9 Å². The van der Waals surface area contributed by atoms with Crippen molar-refractivity contribution >= 4 is 39.1 Å². The molecule has 1 N–H and O–H groups in total. The van der Waals surface area contributed by atoms with Crippen LogP contribution in [-0.2, 0) is 14.8 Å². The smallest absolute Gasteiger partial charge is 0.229 e. The van der Waals surface area contributed by atoms with Gasteiger partial charge in [0.15, 0.2) is 0 Å². The zero-order chi connectivity index (χ0) is 13.6. The molecule has 0 aromatic carbocycles. The third kappa shape index (κ3) is 2.48. The van der Waals surface area contributed by atoms with Crippen molar-refractivity contribution in [3.63, 3.8) is 0 Å². The number of hydrogen-bond donors (Lipinski definition) is 1. The van der Waals surface area contributed by atoms with E-state index in [0.29, 0.717) is 25.9 Å². The van der Waals surface area contributed by atoms with Crippen LogP contribution in [0, 0.1) is 5.41 Å². The van der Waals surface area contributed by atoms with E-state index in [9.17, 15) is 13.2 Å². The summed E-state index contributed by atoms with van der Waals surface area (Å²) in [5.74, 6) is -0.0189. The van der Waals surface area contributed by atoms with Crippen LogP contribution < -0.4 is 5.32 Å². The molecule has 1 unspecified atom stereocenters. The van der Waals surface area contributed by atoms with Gasteiger partial charge in [0, 0.05) is 19.6 Å². The van der Waals surface area contributed by atoms with E-state index in [2.05, 4.69) is 5.32 Å². The fraction of sp³-hybridized carbons (Fsp3) is 0.900. The second-order valence-corrected chi connectivity index (χ2v) is 8.61. The minimum absolute atomic E-state index is 0.200. The second kappa shape index (κ2) is 4.51. The van der Waals surface area contributed by atoms with Gasteiger partial charge in [0.1, 0.15) is 4.33 Å². The Kier molecular flexibility index (Phi) is 3.60. The zero-order valence-electron chi connectivity index (χ0n) is 10.1. The van der Waals surface area contributed by atoms with E-state index in [1.165, 1.54) is 4.31 Å². The molecule has 1 aliphatic carbocycles. The van der Waals surface area contributed by atoms with Gasteiger partial charge in [-0.1, -0.05) is 0 Å². The molecule has 5 nitrogen and oxygen atoms in total. The second-order valence-electron chi connectivity index (χ2n) is 5.04. The predicted molar refractivity (Wildman–Crippen MR) is 70.1 cm³/mol. The fourth-order valence-corrected chi connectivity index (χ4v) is 4.31. The van der Waals surface area contributed by atoms with E-state index in [1.807, 2.05) is 0 Å². The summed E-state index contributed by atoms with van der Waals surface area (Å²) in [4.78, 5) is 11.8. The number of nitrogens with zero attached hydrogens (tertiary/aromatic N) is 1. The summed E-state index contributed by atoms with van der Waals surface area (Å²) in [6, 6.07) is 0. The normalized spacial score (nSPS) is 33.3. The third-order valence-corrected chi connectivity index (χ3v) is 6.67. The van der Waals surface area contributed by atoms with E-state index >= 15 is 0 Å². The summed E-state index contributed by atoms with van der Waals surface area (Å²) in [6.45, 7) is 2.83. The highest BCUT2D eigenvalue weighted by Crippen LogP contribution is 2.63. The summed E-state index contributed by atoms with van der Waals surface area (Å²) in [7, 11) is -3.10. The van der Waals surface area contributed by atoms with Crippen LogP contribution in [0.3, 0.4) is 0 Å². The molecule has 1 heterocycles. The largest absolute Gasteiger partial charge is 0.354 e. The number of carbonyl (C=O) groups excluding carboxylic acids is 1. The number of amides is 1. The van der Waals surface area contributed by atoms with Gasteiger partial charge in [-0.05, 0) is 19.8 Å². The van der Waals surface area contributed by atoms with Crippen LogP contribution >= 0.6 is 23.2 Å². The molecule has 8 heteroatoms. The van der Waals surface area contributed by atoms with Crippen LogP contribution in [-0.4, -0.2) is 48.4 Å². The molecule has 2 fully saturated rings. The van der Waals surface area contributed by atoms with Crippen LogP contribution in [0.5, 0.6) is 0 Å². The lowest BCUT2D eigenvalue weighted by Crippen LogP contribution is -2.39. The van der Waals surface area contributed by atoms with Crippen molar-refractivity contribution in [2.75, 3.05) is 25.4 Å². The lowest BCUT2D eigenvalue weighted by molar-refractivity contribution is -0.125. The summed E-state index contributed by atoms with van der Waals surface area (Å²) >= 11 is 11.8. The minimum atomic E-state index is -3.10. The quantitative estimate of drug-likeness (QED) is 0.778. The molecule has 0 spiro atoms. The topological polar surface area (TPSA) is 66.5 Å². The van der Waals surface area contributed by atoms with Gasteiger partial charge in [0.25, 0.3) is 0 Å². The Morgan fingerprint density at radius 3 is 2.50 bits per heavy atom. The number of carbonyl (C=O) groups is 1. The SMILES string of the molecule is CC1(C(=O)NCCN2CCCS2(=O)=O)CC1(Cl)Cl. The molecule has 2 aliphatic rings. The Balaban J connectivity index is 1.79. The number of halogens is 2. The van der Waals surface area contributed by atoms with E-state index in [0.717, 1.165) is 0 Å². The summed E-state index contributed by atoms with van der Waals surface area (Å²) in [5.41, 5.74) is -0.750. The van der Waals surface area contributed by atoms with Gasteiger partial charge in [-0.3, -0.25) is 4.79 Å². The van der Waals surface area contributed by atoms with Gasteiger partial charge in [0.05, 0.1) is 11.2 Å². The number of sulfonamides is 1. The Morgan fingerprint density at radius 2 is 2.06 bits per heavy atom. The van der Waals surface area contributed by atoms with Gasteiger partial charge in [-0.25, -0.2) is 12.7 Å². The average molecular weight is 315 g/mol. The Bertz CT molecular complexity index is 466. The molecule has 2 rings (SSSR count). The molecule has 18 heavy (non-hydrogen) atoms. The summed E-state index contributed by atoms with van der Waals surface area (Å²) < 4.78 is 23.5. The Labute approximate surface area is 117 Å². The molecule has 1 saturated carbocycles. The standard InChI is InChI=1S/C10H16Cl2N2O3S/c1-9(7-10(9,11)12)8(15)13-3-5-14-4-2-6-18(14,16)17/h2-7H2,1H3,(H,13,15). The lowest BCUT2D eigenvalue weighted by atomic mass is 10.1. The number of rotatable bonds is 4. The number of hydrogen-bond acceptors (Lipinski definition) is 3. The monoisotopic (exact) mass is 314 g/mol. The highest BCUT2D eigenvalue weighted by atomic mass is 35.5. The Hall–Kier alpha value is -0.0400. The summed E-state index contributed by atoms with van der Waals surface area (Å²) in [6.07, 6.45) is 1.08. The molecule has 0 radical (unpaired) electrons. The fourth-order valence-electron chi connectivity index (χ4n) is 2.08.